The molecule has 38 heavy (non-hydrogen) atoms. The van der Waals surface area contributed by atoms with Gasteiger partial charge in [0.05, 0.1) is 26.1 Å². The van der Waals surface area contributed by atoms with E-state index < -0.39 is 26.0 Å². The molecule has 1 aliphatic heterocycles. The monoisotopic (exact) mass is 575 g/mol. The van der Waals surface area contributed by atoms with Gasteiger partial charge in [-0.25, -0.2) is 16.8 Å². The average molecular weight is 576 g/mol. The Kier molecular flexibility index (Phi) is 8.46. The number of benzene rings is 3. The highest BCUT2D eigenvalue weighted by atomic mass is 35.5. The second-order valence-electron chi connectivity index (χ2n) is 9.31. The minimum absolute atomic E-state index is 0.00737. The van der Waals surface area contributed by atoms with Gasteiger partial charge in [0.15, 0.2) is 0 Å². The van der Waals surface area contributed by atoms with Crippen LogP contribution in [-0.4, -0.2) is 40.1 Å². The first-order valence-electron chi connectivity index (χ1n) is 12.3. The number of carbonyl (C=O) groups is 1. The van der Waals surface area contributed by atoms with Crippen LogP contribution in [0.2, 0.25) is 5.02 Å². The lowest BCUT2D eigenvalue weighted by atomic mass is 10.1. The van der Waals surface area contributed by atoms with E-state index >= 15 is 0 Å². The lowest BCUT2D eigenvalue weighted by molar-refractivity contribution is 0.102. The standard InChI is InChI=1S/C27H30ClN3O5S2/c1-19-8-7-9-20(2)26(19)30-37(33,34)22-12-10-21(11-13-22)29-27(32)24-18-23(14-15-25(24)28)38(35,36)31-16-5-3-4-6-17-31/h7-15,18,30H,3-6,16-17H2,1-2H3,(H,29,32). The van der Waals surface area contributed by atoms with Crippen molar-refractivity contribution in [2.75, 3.05) is 23.1 Å². The van der Waals surface area contributed by atoms with E-state index in [1.54, 1.807) is 0 Å². The Labute approximate surface area is 229 Å². The van der Waals surface area contributed by atoms with Gasteiger partial charge in [-0.2, -0.15) is 4.31 Å². The molecule has 0 bridgehead atoms. The molecule has 0 spiro atoms. The molecule has 0 saturated carbocycles. The number of nitrogens with zero attached hydrogens (tertiary/aromatic N) is 1. The summed E-state index contributed by atoms with van der Waals surface area (Å²) in [5.41, 5.74) is 2.47. The molecule has 1 heterocycles. The van der Waals surface area contributed by atoms with Crippen molar-refractivity contribution in [2.45, 2.75) is 49.3 Å². The van der Waals surface area contributed by atoms with Crippen molar-refractivity contribution in [3.63, 3.8) is 0 Å². The molecule has 0 atom stereocenters. The van der Waals surface area contributed by atoms with Crippen LogP contribution in [0.1, 0.15) is 47.2 Å². The van der Waals surface area contributed by atoms with Gasteiger partial charge in [-0.05, 0) is 80.3 Å². The fourth-order valence-electron chi connectivity index (χ4n) is 4.35. The number of hydrogen-bond acceptors (Lipinski definition) is 5. The van der Waals surface area contributed by atoms with E-state index in [-0.39, 0.29) is 20.4 Å². The summed E-state index contributed by atoms with van der Waals surface area (Å²) in [6.45, 7) is 4.53. The minimum atomic E-state index is -3.85. The third kappa shape index (κ3) is 6.20. The summed E-state index contributed by atoms with van der Waals surface area (Å²) in [6, 6.07) is 15.3. The fraction of sp³-hybridized carbons (Fsp3) is 0.296. The minimum Gasteiger partial charge on any atom is -0.322 e. The zero-order valence-corrected chi connectivity index (χ0v) is 23.6. The van der Waals surface area contributed by atoms with Gasteiger partial charge in [0.25, 0.3) is 15.9 Å². The highest BCUT2D eigenvalue weighted by Gasteiger charge is 2.27. The molecule has 0 aliphatic carbocycles. The van der Waals surface area contributed by atoms with Gasteiger partial charge in [-0.3, -0.25) is 9.52 Å². The zero-order chi connectivity index (χ0) is 27.5. The van der Waals surface area contributed by atoms with Crippen LogP contribution in [0.4, 0.5) is 11.4 Å². The summed E-state index contributed by atoms with van der Waals surface area (Å²) in [4.78, 5) is 13.0. The highest BCUT2D eigenvalue weighted by molar-refractivity contribution is 7.92. The number of hydrogen-bond donors (Lipinski definition) is 2. The third-order valence-corrected chi connectivity index (χ3v) is 10.1. The molecular weight excluding hydrogens is 546 g/mol. The molecule has 4 rings (SSSR count). The molecule has 11 heteroatoms. The lowest BCUT2D eigenvalue weighted by Crippen LogP contribution is -2.32. The molecule has 3 aromatic carbocycles. The first kappa shape index (κ1) is 28.1. The van der Waals surface area contributed by atoms with Gasteiger partial charge in [0, 0.05) is 18.8 Å². The molecule has 1 saturated heterocycles. The summed E-state index contributed by atoms with van der Waals surface area (Å²) in [5.74, 6) is -0.604. The van der Waals surface area contributed by atoms with Gasteiger partial charge < -0.3 is 5.32 Å². The van der Waals surface area contributed by atoms with E-state index in [0.29, 0.717) is 24.5 Å². The van der Waals surface area contributed by atoms with Gasteiger partial charge >= 0.3 is 0 Å². The SMILES string of the molecule is Cc1cccc(C)c1NS(=O)(=O)c1ccc(NC(=O)c2cc(S(=O)(=O)N3CCCCCC3)ccc2Cl)cc1. The highest BCUT2D eigenvalue weighted by Crippen LogP contribution is 2.27. The molecule has 2 N–H and O–H groups in total. The number of aryl methyl sites for hydroxylation is 2. The largest absolute Gasteiger partial charge is 0.322 e. The summed E-state index contributed by atoms with van der Waals surface area (Å²) in [5, 5.41) is 2.77. The smallest absolute Gasteiger partial charge is 0.261 e. The van der Waals surface area contributed by atoms with Crippen LogP contribution < -0.4 is 10.0 Å². The van der Waals surface area contributed by atoms with Crippen LogP contribution in [-0.2, 0) is 20.0 Å². The molecule has 0 aromatic heterocycles. The fourth-order valence-corrected chi connectivity index (χ4v) is 7.30. The first-order chi connectivity index (χ1) is 18.0. The van der Waals surface area contributed by atoms with Crippen LogP contribution in [0.5, 0.6) is 0 Å². The van der Waals surface area contributed by atoms with E-state index in [2.05, 4.69) is 10.0 Å². The Morgan fingerprint density at radius 1 is 0.816 bits per heavy atom. The van der Waals surface area contributed by atoms with Gasteiger partial charge in [-0.1, -0.05) is 42.6 Å². The molecule has 1 aliphatic rings. The molecule has 8 nitrogen and oxygen atoms in total. The van der Waals surface area contributed by atoms with E-state index in [0.717, 1.165) is 36.8 Å². The molecule has 1 fully saturated rings. The van der Waals surface area contributed by atoms with Gasteiger partial charge in [-0.15, -0.1) is 0 Å². The summed E-state index contributed by atoms with van der Waals surface area (Å²) in [6.07, 6.45) is 3.57. The maximum absolute atomic E-state index is 13.2. The lowest BCUT2D eigenvalue weighted by Gasteiger charge is -2.20. The predicted molar refractivity (Wildman–Crippen MR) is 150 cm³/mol. The molecule has 3 aromatic rings. The van der Waals surface area contributed by atoms with E-state index in [4.69, 9.17) is 11.6 Å². The topological polar surface area (TPSA) is 113 Å². The van der Waals surface area contributed by atoms with Crippen LogP contribution in [0.3, 0.4) is 0 Å². The Hall–Kier alpha value is -2.92. The predicted octanol–water partition coefficient (Wildman–Crippen LogP) is 5.57. The quantitative estimate of drug-likeness (QED) is 0.382. The summed E-state index contributed by atoms with van der Waals surface area (Å²) in [7, 11) is -7.62. The summed E-state index contributed by atoms with van der Waals surface area (Å²) >= 11 is 6.25. The Balaban J connectivity index is 1.51. The first-order valence-corrected chi connectivity index (χ1v) is 15.6. The number of rotatable bonds is 7. The maximum Gasteiger partial charge on any atom is 0.261 e. The average Bonchev–Trinajstić information content (AvgIpc) is 3.17. The van der Waals surface area contributed by atoms with Crippen molar-refractivity contribution in [3.05, 3.63) is 82.4 Å². The Bertz CT molecular complexity index is 1530. The van der Waals surface area contributed by atoms with Crippen molar-refractivity contribution < 1.29 is 21.6 Å². The van der Waals surface area contributed by atoms with Crippen molar-refractivity contribution in [1.29, 1.82) is 0 Å². The number of amides is 1. The normalized spacial score (nSPS) is 15.0. The van der Waals surface area contributed by atoms with Crippen molar-refractivity contribution in [1.82, 2.24) is 4.31 Å². The molecular formula is C27H30ClN3O5S2. The van der Waals surface area contributed by atoms with Crippen LogP contribution >= 0.6 is 11.6 Å². The van der Waals surface area contributed by atoms with Crippen LogP contribution in [0, 0.1) is 13.8 Å². The second-order valence-corrected chi connectivity index (χ2v) is 13.3. The maximum atomic E-state index is 13.2. The van der Waals surface area contributed by atoms with Crippen LogP contribution in [0.25, 0.3) is 0 Å². The molecule has 1 amide bonds. The number of para-hydroxylation sites is 1. The number of halogens is 1. The van der Waals surface area contributed by atoms with Crippen molar-refractivity contribution in [2.24, 2.45) is 0 Å². The van der Waals surface area contributed by atoms with Gasteiger partial charge in [0.2, 0.25) is 10.0 Å². The molecule has 0 radical (unpaired) electrons. The van der Waals surface area contributed by atoms with Gasteiger partial charge in [0.1, 0.15) is 0 Å². The van der Waals surface area contributed by atoms with E-state index in [1.165, 1.54) is 46.8 Å². The van der Waals surface area contributed by atoms with Crippen molar-refractivity contribution >= 4 is 48.9 Å². The van der Waals surface area contributed by atoms with E-state index in [1.807, 2.05) is 32.0 Å². The third-order valence-electron chi connectivity index (χ3n) is 6.53. The number of carbonyl (C=O) groups excluding carboxylic acids is 1. The molecule has 0 unspecified atom stereocenters. The Morgan fingerprint density at radius 2 is 1.39 bits per heavy atom. The molecule has 202 valence electrons. The number of anilines is 2. The van der Waals surface area contributed by atoms with E-state index in [9.17, 15) is 21.6 Å². The van der Waals surface area contributed by atoms with Crippen LogP contribution in [0.15, 0.2) is 70.5 Å². The summed E-state index contributed by atoms with van der Waals surface area (Å²) < 4.78 is 56.3. The Morgan fingerprint density at radius 3 is 2.00 bits per heavy atom. The number of nitrogens with one attached hydrogen (secondary N) is 2. The van der Waals surface area contributed by atoms with Crippen molar-refractivity contribution in [3.8, 4) is 0 Å². The number of sulfonamides is 2. The zero-order valence-electron chi connectivity index (χ0n) is 21.2. The second kappa shape index (κ2) is 11.4.